The highest BCUT2D eigenvalue weighted by Gasteiger charge is 2.29. The van der Waals surface area contributed by atoms with Gasteiger partial charge in [-0.25, -0.2) is 4.79 Å². The van der Waals surface area contributed by atoms with Crippen molar-refractivity contribution >= 4 is 35.1 Å². The molecule has 24 heavy (non-hydrogen) atoms. The molecule has 7 heteroatoms. The zero-order valence-electron chi connectivity index (χ0n) is 14.0. The summed E-state index contributed by atoms with van der Waals surface area (Å²) in [6.07, 6.45) is 3.04. The van der Waals surface area contributed by atoms with E-state index in [1.807, 2.05) is 13.8 Å². The molecule has 0 radical (unpaired) electrons. The molecule has 5 nitrogen and oxygen atoms in total. The summed E-state index contributed by atoms with van der Waals surface area (Å²) < 4.78 is 10.2. The number of hydrogen-bond acceptors (Lipinski definition) is 4. The Bertz CT molecular complexity index is 602. The molecule has 2 rings (SSSR count). The first-order valence-corrected chi connectivity index (χ1v) is 8.62. The fourth-order valence-corrected chi connectivity index (χ4v) is 3.71. The Morgan fingerprint density at radius 3 is 2.21 bits per heavy atom. The van der Waals surface area contributed by atoms with E-state index in [-0.39, 0.29) is 40.2 Å². The zero-order chi connectivity index (χ0) is 17.9. The minimum atomic E-state index is -0.646. The molecule has 0 bridgehead atoms. The first-order valence-electron chi connectivity index (χ1n) is 7.86. The Kier molecular flexibility index (Phi) is 6.35. The molecule has 0 unspecified atom stereocenters. The molecule has 1 aromatic rings. The maximum Gasteiger partial charge on any atom is 0.338 e. The SMILES string of the molecule is COc1c(Cl)cc(C(=O)OCC(=O)N2[C@@H](C)CCC[C@@H]2C)cc1Cl. The Morgan fingerprint density at radius 2 is 1.71 bits per heavy atom. The highest BCUT2D eigenvalue weighted by molar-refractivity contribution is 6.37. The average molecular weight is 374 g/mol. The monoisotopic (exact) mass is 373 g/mol. The predicted molar refractivity (Wildman–Crippen MR) is 92.9 cm³/mol. The highest BCUT2D eigenvalue weighted by Crippen LogP contribution is 2.34. The van der Waals surface area contributed by atoms with E-state index >= 15 is 0 Å². The van der Waals surface area contributed by atoms with Crippen LogP contribution in [-0.2, 0) is 9.53 Å². The third-order valence-electron chi connectivity index (χ3n) is 4.25. The van der Waals surface area contributed by atoms with Crippen LogP contribution in [-0.4, -0.2) is 42.6 Å². The van der Waals surface area contributed by atoms with Crippen molar-refractivity contribution in [3.63, 3.8) is 0 Å². The van der Waals surface area contributed by atoms with Crippen molar-refractivity contribution in [3.05, 3.63) is 27.7 Å². The molecule has 0 spiro atoms. The number of methoxy groups -OCH3 is 1. The van der Waals surface area contributed by atoms with Crippen molar-refractivity contribution in [1.82, 2.24) is 4.90 Å². The quantitative estimate of drug-likeness (QED) is 0.749. The van der Waals surface area contributed by atoms with Crippen LogP contribution in [0.15, 0.2) is 12.1 Å². The van der Waals surface area contributed by atoms with Gasteiger partial charge in [-0.3, -0.25) is 4.79 Å². The van der Waals surface area contributed by atoms with Gasteiger partial charge in [-0.15, -0.1) is 0 Å². The third kappa shape index (κ3) is 4.14. The Morgan fingerprint density at radius 1 is 1.17 bits per heavy atom. The lowest BCUT2D eigenvalue weighted by atomic mass is 9.97. The molecule has 0 aromatic heterocycles. The number of amides is 1. The van der Waals surface area contributed by atoms with Crippen LogP contribution in [0.3, 0.4) is 0 Å². The first-order chi connectivity index (χ1) is 11.3. The van der Waals surface area contributed by atoms with E-state index in [9.17, 15) is 9.59 Å². The van der Waals surface area contributed by atoms with Crippen LogP contribution >= 0.6 is 23.2 Å². The van der Waals surface area contributed by atoms with E-state index in [1.165, 1.54) is 19.2 Å². The maximum atomic E-state index is 12.4. The van der Waals surface area contributed by atoms with Gasteiger partial charge in [0.05, 0.1) is 22.7 Å². The van der Waals surface area contributed by atoms with E-state index in [0.29, 0.717) is 5.75 Å². The van der Waals surface area contributed by atoms with Gasteiger partial charge in [0.25, 0.3) is 5.91 Å². The Balaban J connectivity index is 2.01. The molecule has 1 aliphatic rings. The van der Waals surface area contributed by atoms with Gasteiger partial charge < -0.3 is 14.4 Å². The van der Waals surface area contributed by atoms with Gasteiger partial charge in [0.2, 0.25) is 0 Å². The van der Waals surface area contributed by atoms with E-state index < -0.39 is 5.97 Å². The summed E-state index contributed by atoms with van der Waals surface area (Å²) in [7, 11) is 1.44. The summed E-state index contributed by atoms with van der Waals surface area (Å²) in [5.74, 6) is -0.539. The van der Waals surface area contributed by atoms with Crippen LogP contribution in [0.2, 0.25) is 10.0 Å². The van der Waals surface area contributed by atoms with Gasteiger partial charge in [-0.1, -0.05) is 23.2 Å². The molecular weight excluding hydrogens is 353 g/mol. The van der Waals surface area contributed by atoms with E-state index in [1.54, 1.807) is 4.90 Å². The second-order valence-corrected chi connectivity index (χ2v) is 6.79. The van der Waals surface area contributed by atoms with Crippen LogP contribution in [0, 0.1) is 0 Å². The molecule has 1 amide bonds. The summed E-state index contributed by atoms with van der Waals surface area (Å²) in [5, 5.41) is 0.420. The lowest BCUT2D eigenvalue weighted by molar-refractivity contribution is -0.140. The van der Waals surface area contributed by atoms with Gasteiger partial charge >= 0.3 is 5.97 Å². The number of rotatable bonds is 4. The molecule has 1 heterocycles. The van der Waals surface area contributed by atoms with E-state index in [2.05, 4.69) is 0 Å². The lowest BCUT2D eigenvalue weighted by Gasteiger charge is -2.38. The molecule has 1 aromatic carbocycles. The molecule has 0 aliphatic carbocycles. The largest absolute Gasteiger partial charge is 0.494 e. The van der Waals surface area contributed by atoms with Crippen LogP contribution in [0.25, 0.3) is 0 Å². The number of ether oxygens (including phenoxy) is 2. The molecule has 0 N–H and O–H groups in total. The number of likely N-dealkylation sites (tertiary alicyclic amines) is 1. The number of piperidine rings is 1. The molecule has 1 saturated heterocycles. The van der Waals surface area contributed by atoms with Gasteiger partial charge in [-0.05, 0) is 45.2 Å². The van der Waals surface area contributed by atoms with Gasteiger partial charge in [0.1, 0.15) is 0 Å². The van der Waals surface area contributed by atoms with Crippen LogP contribution in [0.1, 0.15) is 43.5 Å². The van der Waals surface area contributed by atoms with Crippen LogP contribution in [0.5, 0.6) is 5.75 Å². The van der Waals surface area contributed by atoms with Crippen molar-refractivity contribution in [2.24, 2.45) is 0 Å². The smallest absolute Gasteiger partial charge is 0.338 e. The zero-order valence-corrected chi connectivity index (χ0v) is 15.5. The third-order valence-corrected chi connectivity index (χ3v) is 4.81. The topological polar surface area (TPSA) is 55.8 Å². The number of esters is 1. The summed E-state index contributed by atoms with van der Waals surface area (Å²) in [5.41, 5.74) is 0.179. The lowest BCUT2D eigenvalue weighted by Crippen LogP contribution is -2.49. The summed E-state index contributed by atoms with van der Waals surface area (Å²) in [6, 6.07) is 3.13. The first kappa shape index (κ1) is 18.9. The molecule has 132 valence electrons. The van der Waals surface area contributed by atoms with Gasteiger partial charge in [0.15, 0.2) is 12.4 Å². The summed E-state index contributed by atoms with van der Waals surface area (Å²) >= 11 is 12.0. The van der Waals surface area contributed by atoms with Gasteiger partial charge in [-0.2, -0.15) is 0 Å². The van der Waals surface area contributed by atoms with Crippen molar-refractivity contribution in [2.75, 3.05) is 13.7 Å². The molecule has 2 atom stereocenters. The molecular formula is C17H21Cl2NO4. The fraction of sp³-hybridized carbons (Fsp3) is 0.529. The van der Waals surface area contributed by atoms with Crippen LogP contribution < -0.4 is 4.74 Å². The summed E-state index contributed by atoms with van der Waals surface area (Å²) in [4.78, 5) is 26.3. The Hall–Kier alpha value is -1.46. The predicted octanol–water partition coefficient (Wildman–Crippen LogP) is 3.95. The normalized spacial score (nSPS) is 20.6. The van der Waals surface area contributed by atoms with Crippen molar-refractivity contribution < 1.29 is 19.1 Å². The average Bonchev–Trinajstić information content (AvgIpc) is 2.52. The molecule has 1 aliphatic heterocycles. The standard InChI is InChI=1S/C17H21Cl2NO4/c1-10-5-4-6-11(2)20(10)15(21)9-24-17(22)12-7-13(18)16(23-3)14(19)8-12/h7-8,10-11H,4-6,9H2,1-3H3/t10-,11-/m0/s1. The highest BCUT2D eigenvalue weighted by atomic mass is 35.5. The van der Waals surface area contributed by atoms with Crippen molar-refractivity contribution in [3.8, 4) is 5.75 Å². The van der Waals surface area contributed by atoms with Crippen LogP contribution in [0.4, 0.5) is 0 Å². The van der Waals surface area contributed by atoms with Crippen molar-refractivity contribution in [2.45, 2.75) is 45.2 Å². The minimum Gasteiger partial charge on any atom is -0.494 e. The molecule has 1 fully saturated rings. The number of halogens is 2. The van der Waals surface area contributed by atoms with Crippen molar-refractivity contribution in [1.29, 1.82) is 0 Å². The van der Waals surface area contributed by atoms with E-state index in [4.69, 9.17) is 32.7 Å². The maximum absolute atomic E-state index is 12.4. The second-order valence-electron chi connectivity index (χ2n) is 5.98. The molecule has 0 saturated carbocycles. The van der Waals surface area contributed by atoms with E-state index in [0.717, 1.165) is 19.3 Å². The van der Waals surface area contributed by atoms with Gasteiger partial charge in [0, 0.05) is 12.1 Å². The fourth-order valence-electron chi connectivity index (χ4n) is 3.07. The number of benzene rings is 1. The number of nitrogens with zero attached hydrogens (tertiary/aromatic N) is 1. The number of hydrogen-bond donors (Lipinski definition) is 0. The number of carbonyl (C=O) groups is 2. The summed E-state index contributed by atoms with van der Waals surface area (Å²) in [6.45, 7) is 3.73. The number of carbonyl (C=O) groups excluding carboxylic acids is 2. The second kappa shape index (κ2) is 8.08. The minimum absolute atomic E-state index is 0.157. The Labute approximate surface area is 151 Å².